The Hall–Kier alpha value is -10.3. The van der Waals surface area contributed by atoms with E-state index in [4.69, 9.17) is 29.7 Å². The number of anilines is 12. The van der Waals surface area contributed by atoms with Crippen molar-refractivity contribution in [3.05, 3.63) is 432 Å². The summed E-state index contributed by atoms with van der Waals surface area (Å²) in [6.45, 7) is -0.876. The van der Waals surface area contributed by atoms with Gasteiger partial charge >= 0.3 is 36.4 Å². The van der Waals surface area contributed by atoms with Crippen molar-refractivity contribution >= 4 is 239 Å². The lowest BCUT2D eigenvalue weighted by molar-refractivity contribution is -0.0548. The van der Waals surface area contributed by atoms with Crippen LogP contribution in [-0.4, -0.2) is 71.0 Å². The second kappa shape index (κ2) is 49.4. The summed E-state index contributed by atoms with van der Waals surface area (Å²) < 4.78 is 213. The molecular formula is C97H79Br4F3I2N4O18S6. The van der Waals surface area contributed by atoms with Gasteiger partial charge in [-0.3, -0.25) is 17.1 Å². The average Bonchev–Trinajstić information content (AvgIpc) is 0.857. The van der Waals surface area contributed by atoms with E-state index < -0.39 is 79.1 Å². The smallest absolute Gasteiger partial charge is 0.379 e. The number of halogens is 9. The molecule has 0 aliphatic carbocycles. The Balaban J connectivity index is 0.000000188. The largest absolute Gasteiger partial charge is 0.523 e. The van der Waals surface area contributed by atoms with Gasteiger partial charge in [0.25, 0.3) is 30.4 Å². The van der Waals surface area contributed by atoms with Crippen molar-refractivity contribution in [2.75, 3.05) is 25.9 Å². The van der Waals surface area contributed by atoms with Gasteiger partial charge in [-0.05, 0) is 315 Å². The predicted molar refractivity (Wildman–Crippen MR) is 551 cm³/mol. The molecule has 1 N–H and O–H groups in total. The molecular weight excluding hydrogens is 2330 g/mol. The Kier molecular flexibility index (Phi) is 39.0. The van der Waals surface area contributed by atoms with Crippen molar-refractivity contribution in [1.82, 2.24) is 0 Å². The molecule has 0 unspecified atom stereocenters. The van der Waals surface area contributed by atoms with E-state index >= 15 is 0 Å². The molecule has 0 amide bonds. The molecule has 15 aromatic rings. The number of hydrogen-bond acceptors (Lipinski definition) is 21. The molecule has 0 saturated carbocycles. The van der Waals surface area contributed by atoms with Crippen LogP contribution in [0.15, 0.2) is 407 Å². The third kappa shape index (κ3) is 32.2. The van der Waals surface area contributed by atoms with E-state index in [9.17, 15) is 55.3 Å². The highest BCUT2D eigenvalue weighted by molar-refractivity contribution is 14.1. The monoisotopic (exact) mass is 2410 g/mol. The minimum atomic E-state index is -5.64. The van der Waals surface area contributed by atoms with E-state index in [0.29, 0.717) is 16.7 Å². The van der Waals surface area contributed by atoms with Gasteiger partial charge in [0, 0.05) is 89.7 Å². The molecule has 0 aromatic heterocycles. The zero-order valence-electron chi connectivity index (χ0n) is 70.0. The highest BCUT2D eigenvalue weighted by Gasteiger charge is 2.47. The van der Waals surface area contributed by atoms with Crippen LogP contribution in [0.25, 0.3) is 11.1 Å². The number of benzene rings is 15. The molecule has 0 radical (unpaired) electrons. The summed E-state index contributed by atoms with van der Waals surface area (Å²) in [5.74, 6) is -0.271. The van der Waals surface area contributed by atoms with Gasteiger partial charge in [0.2, 0.25) is 0 Å². The molecule has 0 fully saturated rings. The van der Waals surface area contributed by atoms with Crippen LogP contribution in [-0.2, 0) is 105 Å². The lowest BCUT2D eigenvalue weighted by Gasteiger charge is -2.26. The fraction of sp³-hybridized carbons (Fsp3) is 0.0722. The first-order valence-electron chi connectivity index (χ1n) is 39.4. The summed E-state index contributed by atoms with van der Waals surface area (Å²) in [5, 5.41) is 0.875. The van der Waals surface area contributed by atoms with Crippen molar-refractivity contribution < 1.29 is 89.2 Å². The van der Waals surface area contributed by atoms with E-state index in [1.54, 1.807) is 109 Å². The normalized spacial score (nSPS) is 11.3. The Labute approximate surface area is 840 Å². The van der Waals surface area contributed by atoms with E-state index in [-0.39, 0.29) is 51.3 Å². The van der Waals surface area contributed by atoms with Crippen LogP contribution in [0.4, 0.5) is 81.4 Å². The van der Waals surface area contributed by atoms with Gasteiger partial charge < -0.3 is 23.8 Å². The molecule has 0 heterocycles. The molecule has 22 nitrogen and oxygen atoms in total. The first kappa shape index (κ1) is 106. The molecule has 0 spiro atoms. The summed E-state index contributed by atoms with van der Waals surface area (Å²) in [6.07, 6.45) is 1.00. The lowest BCUT2D eigenvalue weighted by atomic mass is 10.0. The zero-order chi connectivity index (χ0) is 95.5. The Bertz CT molecular complexity index is 6980. The van der Waals surface area contributed by atoms with Crippen LogP contribution in [0, 0.1) is 7.14 Å². The van der Waals surface area contributed by atoms with Gasteiger partial charge in [-0.1, -0.05) is 206 Å². The molecule has 0 atom stereocenters. The van der Waals surface area contributed by atoms with E-state index in [1.807, 2.05) is 185 Å². The Morgan fingerprint density at radius 2 is 0.582 bits per heavy atom. The minimum Gasteiger partial charge on any atom is -0.379 e. The summed E-state index contributed by atoms with van der Waals surface area (Å²) >= 11 is 15.0. The van der Waals surface area contributed by atoms with Crippen molar-refractivity contribution in [3.8, 4) is 16.9 Å². The minimum absolute atomic E-state index is 0. The molecule has 15 aromatic carbocycles. The first-order chi connectivity index (χ1) is 63.4. The predicted octanol–water partition coefficient (Wildman–Crippen LogP) is 26.4. The summed E-state index contributed by atoms with van der Waals surface area (Å²) in [5.41, 5.74) is 11.0. The fourth-order valence-corrected chi connectivity index (χ4v) is 17.6. The SMILES string of the molecule is Br.BrCc1ccc(N(c2ccc(I)cc2)c2ccc(I)cc2)cc1.CS(=O)(=O)OCc1ccc(N(c2ccccc2)c2ccc(CS(=O)(=O)O)cc2)cc1.O=S(=O)(OCc1ccc(N(c2ccc(Br)cc2)c2ccc(Br)cc2)cc1)C(F)(F)F.O=S(=O)(OCc1ccc(N(c2ccc(OS(=O)(=O)c3ccccc3)cc2)c2ccc(-c3ccccc3)cc2)cc1)c1ccccc1.O=S(=O)=O. The van der Waals surface area contributed by atoms with E-state index in [2.05, 4.69) is 175 Å². The van der Waals surface area contributed by atoms with Crippen molar-refractivity contribution in [2.24, 2.45) is 0 Å². The third-order valence-corrected chi connectivity index (χ3v) is 26.8. The van der Waals surface area contributed by atoms with Gasteiger partial charge in [0.15, 0.2) is 0 Å². The highest BCUT2D eigenvalue weighted by Crippen LogP contribution is 2.42. The maximum Gasteiger partial charge on any atom is 0.523 e. The topological polar surface area (TPSA) is 292 Å². The van der Waals surface area contributed by atoms with Crippen molar-refractivity contribution in [3.63, 3.8) is 0 Å². The number of hydrogen-bond donors (Lipinski definition) is 1. The van der Waals surface area contributed by atoms with Crippen LogP contribution in [0.5, 0.6) is 5.75 Å². The van der Waals surface area contributed by atoms with Crippen LogP contribution < -0.4 is 23.8 Å². The number of nitrogens with zero attached hydrogens (tertiary/aromatic N) is 4. The fourth-order valence-electron chi connectivity index (χ4n) is 12.7. The average molecular weight is 2410 g/mol. The third-order valence-electron chi connectivity index (χ3n) is 18.9. The van der Waals surface area contributed by atoms with Crippen LogP contribution in [0.3, 0.4) is 0 Å². The van der Waals surface area contributed by atoms with Gasteiger partial charge in [0.1, 0.15) is 16.4 Å². The maximum absolute atomic E-state index is 12.8. The quantitative estimate of drug-likeness (QED) is 0.0150. The molecule has 134 heavy (non-hydrogen) atoms. The Morgan fingerprint density at radius 3 is 0.903 bits per heavy atom. The van der Waals surface area contributed by atoms with Crippen LogP contribution in [0.1, 0.15) is 27.8 Å². The summed E-state index contributed by atoms with van der Waals surface area (Å²) in [7, 11) is -24.3. The zero-order valence-corrected chi connectivity index (χ0v) is 85.7. The molecule has 15 rings (SSSR count). The number of alkyl halides is 4. The maximum atomic E-state index is 12.8. The van der Waals surface area contributed by atoms with Crippen LogP contribution >= 0.6 is 110 Å². The molecule has 0 saturated heterocycles. The summed E-state index contributed by atoms with van der Waals surface area (Å²) in [6, 6.07) is 120. The second-order valence-electron chi connectivity index (χ2n) is 28.4. The molecule has 0 bridgehead atoms. The van der Waals surface area contributed by atoms with Gasteiger partial charge in [-0.15, -0.1) is 29.6 Å². The molecule has 694 valence electrons. The number of rotatable bonds is 29. The van der Waals surface area contributed by atoms with Crippen molar-refractivity contribution in [2.45, 2.75) is 46.2 Å². The Morgan fingerprint density at radius 1 is 0.328 bits per heavy atom. The van der Waals surface area contributed by atoms with Gasteiger partial charge in [-0.2, -0.15) is 55.3 Å². The van der Waals surface area contributed by atoms with Gasteiger partial charge in [-0.25, -0.2) is 0 Å². The standard InChI is InChI=1S/C37H29NO6S2.C21H21NO6S2.C20H14Br2F3NO3S.C19H14BrI2N.BrH.O3S/c39-45(40,36-12-6-2-7-13-36)43-28-29-16-20-32(21-17-29)38(33-22-18-31(19-23-33)30-10-4-1-5-11-30)34-24-26-35(27-25-34)44-46(41,42)37-14-8-3-9-15-37;1-29(23,24)28-15-17-7-11-20(12-8-17)22(19-5-3-2-4-6-19)21-13-9-18(10-14-21)16-30(25,26)27;21-15-3-9-18(10-4-15)26(19-11-5-16(22)6-12-19)17-7-1-14(2-8-17)13-29-30(27,28)20(23,24)25;20-13-14-1-7-17(8-2-14)23(18-9-3-15(21)4-10-18)19-11-5-16(22)6-12-19;;1-4(2)3/h1-27H,28H2;2-14H,15-16H2,1H3,(H,25,26,27);1-12H,13H2;1-12H,13H2;1H;. The molecule has 0 aliphatic rings. The van der Waals surface area contributed by atoms with Gasteiger partial charge in [0.05, 0.1) is 31.0 Å². The van der Waals surface area contributed by atoms with Crippen molar-refractivity contribution in [1.29, 1.82) is 0 Å². The molecule has 0 aliphatic heterocycles. The second-order valence-corrected chi connectivity index (χ2v) is 41.6. The lowest BCUT2D eigenvalue weighted by Crippen LogP contribution is -2.25. The molecule has 37 heteroatoms. The van der Waals surface area contributed by atoms with E-state index in [1.165, 1.54) is 60.5 Å². The van der Waals surface area contributed by atoms with E-state index in [0.717, 1.165) is 88.5 Å². The van der Waals surface area contributed by atoms with Crippen LogP contribution in [0.2, 0.25) is 0 Å². The first-order valence-corrected chi connectivity index (χ1v) is 52.9. The number of para-hydroxylation sites is 1. The summed E-state index contributed by atoms with van der Waals surface area (Å²) in [4.78, 5) is 8.38. The highest BCUT2D eigenvalue weighted by atomic mass is 127.